The molecule has 0 bridgehead atoms. The number of unbranched alkanes of at least 4 members (excludes halogenated alkanes) is 1. The molecule has 0 spiro atoms. The normalized spacial score (nSPS) is 17.2. The Morgan fingerprint density at radius 3 is 1.66 bits per heavy atom. The minimum Gasteiger partial charge on any atom is -0.480 e. The molecule has 0 aliphatic rings. The Morgan fingerprint density at radius 2 is 1.28 bits per heavy atom. The number of aliphatic carboxylic acids is 1. The number of nitrogens with one attached hydrogen (secondary N) is 3. The van der Waals surface area contributed by atoms with Gasteiger partial charge in [-0.05, 0) is 46.6 Å². The zero-order chi connectivity index (χ0) is 22.7. The molecule has 10 N–H and O–H groups in total. The summed E-state index contributed by atoms with van der Waals surface area (Å²) >= 11 is 0. The number of carbonyl (C=O) groups is 4. The van der Waals surface area contributed by atoms with Crippen molar-refractivity contribution in [2.75, 3.05) is 6.54 Å². The first-order valence-corrected chi connectivity index (χ1v) is 9.38. The molecule has 29 heavy (non-hydrogen) atoms. The highest BCUT2D eigenvalue weighted by molar-refractivity contribution is 5.94. The molecule has 0 aromatic rings. The molecule has 0 aliphatic carbocycles. The van der Waals surface area contributed by atoms with Gasteiger partial charge in [-0.25, -0.2) is 4.79 Å². The second-order valence-electron chi connectivity index (χ2n) is 6.93. The van der Waals surface area contributed by atoms with Gasteiger partial charge in [-0.1, -0.05) is 0 Å². The van der Waals surface area contributed by atoms with E-state index in [1.54, 1.807) is 0 Å². The van der Waals surface area contributed by atoms with Crippen molar-refractivity contribution in [3.8, 4) is 0 Å². The molecule has 0 saturated carbocycles. The lowest BCUT2D eigenvalue weighted by atomic mass is 10.1. The van der Waals surface area contributed by atoms with Gasteiger partial charge in [-0.15, -0.1) is 0 Å². The maximum Gasteiger partial charge on any atom is 0.326 e. The number of hydrogen-bond donors (Lipinski definition) is 8. The summed E-state index contributed by atoms with van der Waals surface area (Å²) in [5.74, 6) is -3.83. The molecule has 3 amide bonds. The summed E-state index contributed by atoms with van der Waals surface area (Å²) in [7, 11) is 0. The van der Waals surface area contributed by atoms with E-state index in [9.17, 15) is 34.5 Å². The summed E-state index contributed by atoms with van der Waals surface area (Å²) in [5.41, 5.74) is 10.8. The average molecular weight is 419 g/mol. The summed E-state index contributed by atoms with van der Waals surface area (Å²) < 4.78 is 0. The molecule has 0 radical (unpaired) electrons. The highest BCUT2D eigenvalue weighted by Crippen LogP contribution is 2.04. The van der Waals surface area contributed by atoms with Crippen LogP contribution in [-0.4, -0.2) is 81.9 Å². The van der Waals surface area contributed by atoms with Gasteiger partial charge in [0.25, 0.3) is 0 Å². The van der Waals surface area contributed by atoms with E-state index in [1.807, 2.05) is 0 Å². The fraction of sp³-hybridized carbons (Fsp3) is 0.765. The zero-order valence-electron chi connectivity index (χ0n) is 16.9. The summed E-state index contributed by atoms with van der Waals surface area (Å²) in [6.07, 6.45) is -1.53. The molecule has 168 valence electrons. The molecule has 0 aliphatic heterocycles. The van der Waals surface area contributed by atoms with Gasteiger partial charge in [0.05, 0.1) is 18.2 Å². The Kier molecular flexibility index (Phi) is 12.0. The molecule has 6 atom stereocenters. The van der Waals surface area contributed by atoms with Gasteiger partial charge < -0.3 is 42.7 Å². The van der Waals surface area contributed by atoms with Crippen LogP contribution < -0.4 is 27.4 Å². The van der Waals surface area contributed by atoms with E-state index in [0.717, 1.165) is 0 Å². The van der Waals surface area contributed by atoms with Gasteiger partial charge in [0.1, 0.15) is 18.1 Å². The number of nitrogens with two attached hydrogens (primary N) is 2. The second kappa shape index (κ2) is 13.0. The van der Waals surface area contributed by atoms with Crippen molar-refractivity contribution in [1.82, 2.24) is 16.0 Å². The Labute approximate surface area is 169 Å². The van der Waals surface area contributed by atoms with E-state index in [1.165, 1.54) is 20.8 Å². The summed E-state index contributed by atoms with van der Waals surface area (Å²) in [6, 6.07) is -5.10. The molecule has 12 heteroatoms. The molecule has 6 unspecified atom stereocenters. The van der Waals surface area contributed by atoms with Crippen LogP contribution in [0.2, 0.25) is 0 Å². The molecule has 0 heterocycles. The minimum atomic E-state index is -1.51. The van der Waals surface area contributed by atoms with E-state index in [-0.39, 0.29) is 6.42 Å². The lowest BCUT2D eigenvalue weighted by Gasteiger charge is -2.27. The topological polar surface area (TPSA) is 217 Å². The molecule has 0 rings (SSSR count). The SMILES string of the molecule is CC(N)C(=O)NC(C(=O)NC(C(=O)NC(CCCCN)C(=O)O)C(C)O)C(C)O. The van der Waals surface area contributed by atoms with Gasteiger partial charge in [-0.3, -0.25) is 14.4 Å². The predicted molar refractivity (Wildman–Crippen MR) is 103 cm³/mol. The summed E-state index contributed by atoms with van der Waals surface area (Å²) in [4.78, 5) is 48.0. The number of aliphatic hydroxyl groups is 2. The standard InChI is InChI=1S/C17H33N5O7/c1-8(19)14(25)21-13(10(3)24)16(27)22-12(9(2)23)15(26)20-11(17(28)29)6-4-5-7-18/h8-13,23-24H,4-7,18-19H2,1-3H3,(H,20,26)(H,21,25)(H,22,27)(H,28,29). The highest BCUT2D eigenvalue weighted by Gasteiger charge is 2.33. The van der Waals surface area contributed by atoms with Crippen LogP contribution >= 0.6 is 0 Å². The first-order chi connectivity index (χ1) is 13.4. The first kappa shape index (κ1) is 26.7. The smallest absolute Gasteiger partial charge is 0.326 e. The number of amides is 3. The maximum absolute atomic E-state index is 12.4. The maximum atomic E-state index is 12.4. The van der Waals surface area contributed by atoms with Crippen molar-refractivity contribution in [2.45, 2.75) is 76.4 Å². The minimum absolute atomic E-state index is 0.124. The van der Waals surface area contributed by atoms with Crippen LogP contribution in [-0.2, 0) is 19.2 Å². The third kappa shape index (κ3) is 9.65. The number of carboxylic acids is 1. The van der Waals surface area contributed by atoms with E-state index >= 15 is 0 Å². The lowest BCUT2D eigenvalue weighted by molar-refractivity contribution is -0.143. The highest BCUT2D eigenvalue weighted by atomic mass is 16.4. The van der Waals surface area contributed by atoms with Crippen LogP contribution in [0, 0.1) is 0 Å². The third-order valence-electron chi connectivity index (χ3n) is 4.10. The summed E-state index contributed by atoms with van der Waals surface area (Å²) in [5, 5.41) is 35.6. The monoisotopic (exact) mass is 419 g/mol. The van der Waals surface area contributed by atoms with E-state index < -0.39 is 60.1 Å². The number of carboxylic acid groups (broad SMARTS) is 1. The number of rotatable bonds is 13. The van der Waals surface area contributed by atoms with Gasteiger partial charge in [0, 0.05) is 0 Å². The van der Waals surface area contributed by atoms with Crippen molar-refractivity contribution >= 4 is 23.7 Å². The molecular weight excluding hydrogens is 386 g/mol. The molecule has 0 saturated heterocycles. The fourth-order valence-corrected chi connectivity index (χ4v) is 2.35. The van der Waals surface area contributed by atoms with Crippen LogP contribution in [0.3, 0.4) is 0 Å². The van der Waals surface area contributed by atoms with Gasteiger partial charge >= 0.3 is 5.97 Å². The Hall–Kier alpha value is -2.28. The number of aliphatic hydroxyl groups excluding tert-OH is 2. The van der Waals surface area contributed by atoms with Crippen molar-refractivity contribution < 1.29 is 34.5 Å². The van der Waals surface area contributed by atoms with Crippen molar-refractivity contribution in [2.24, 2.45) is 11.5 Å². The largest absolute Gasteiger partial charge is 0.480 e. The quantitative estimate of drug-likeness (QED) is 0.140. The van der Waals surface area contributed by atoms with Crippen LogP contribution in [0.15, 0.2) is 0 Å². The van der Waals surface area contributed by atoms with Gasteiger partial charge in [0.15, 0.2) is 0 Å². The molecule has 0 aromatic carbocycles. The molecular formula is C17H33N5O7. The Bertz CT molecular complexity index is 568. The van der Waals surface area contributed by atoms with Crippen LogP contribution in [0.5, 0.6) is 0 Å². The van der Waals surface area contributed by atoms with E-state index in [2.05, 4.69) is 16.0 Å². The van der Waals surface area contributed by atoms with Crippen molar-refractivity contribution in [3.05, 3.63) is 0 Å². The van der Waals surface area contributed by atoms with Crippen molar-refractivity contribution in [3.63, 3.8) is 0 Å². The van der Waals surface area contributed by atoms with Crippen LogP contribution in [0.25, 0.3) is 0 Å². The second-order valence-corrected chi connectivity index (χ2v) is 6.93. The lowest BCUT2D eigenvalue weighted by Crippen LogP contribution is -2.61. The van der Waals surface area contributed by atoms with Crippen molar-refractivity contribution in [1.29, 1.82) is 0 Å². The van der Waals surface area contributed by atoms with E-state index in [0.29, 0.717) is 19.4 Å². The van der Waals surface area contributed by atoms with E-state index in [4.69, 9.17) is 11.5 Å². The Balaban J connectivity index is 5.22. The van der Waals surface area contributed by atoms with Crippen LogP contribution in [0.4, 0.5) is 0 Å². The first-order valence-electron chi connectivity index (χ1n) is 9.38. The van der Waals surface area contributed by atoms with Crippen LogP contribution in [0.1, 0.15) is 40.0 Å². The predicted octanol–water partition coefficient (Wildman–Crippen LogP) is -3.24. The number of carbonyl (C=O) groups excluding carboxylic acids is 3. The molecule has 0 fully saturated rings. The van der Waals surface area contributed by atoms with Gasteiger partial charge in [0.2, 0.25) is 17.7 Å². The zero-order valence-corrected chi connectivity index (χ0v) is 16.9. The molecule has 12 nitrogen and oxygen atoms in total. The number of hydrogen-bond acceptors (Lipinski definition) is 8. The summed E-state index contributed by atoms with van der Waals surface area (Å²) in [6.45, 7) is 4.24. The fourth-order valence-electron chi connectivity index (χ4n) is 2.35. The average Bonchev–Trinajstić information content (AvgIpc) is 2.61. The molecule has 0 aromatic heterocycles. The van der Waals surface area contributed by atoms with Gasteiger partial charge in [-0.2, -0.15) is 0 Å². The third-order valence-corrected chi connectivity index (χ3v) is 4.10. The Morgan fingerprint density at radius 1 is 0.828 bits per heavy atom.